The number of para-hydroxylation sites is 1. The molecule has 2 aromatic carbocycles. The quantitative estimate of drug-likeness (QED) is 0.504. The van der Waals surface area contributed by atoms with E-state index in [1.807, 2.05) is 18.2 Å². The highest BCUT2D eigenvalue weighted by Crippen LogP contribution is 2.23. The Morgan fingerprint density at radius 2 is 1.83 bits per heavy atom. The Hall–Kier alpha value is -4.00. The van der Waals surface area contributed by atoms with E-state index in [0.29, 0.717) is 23.5 Å². The molecular formula is C23H19FN4O2. The summed E-state index contributed by atoms with van der Waals surface area (Å²) in [5.74, 6) is -0.680. The van der Waals surface area contributed by atoms with Crippen LogP contribution < -0.4 is 10.9 Å². The van der Waals surface area contributed by atoms with Gasteiger partial charge < -0.3 is 9.88 Å². The van der Waals surface area contributed by atoms with E-state index in [4.69, 9.17) is 0 Å². The second-order valence-electron chi connectivity index (χ2n) is 6.78. The van der Waals surface area contributed by atoms with Gasteiger partial charge in [0, 0.05) is 25.5 Å². The fourth-order valence-corrected chi connectivity index (χ4v) is 3.22. The summed E-state index contributed by atoms with van der Waals surface area (Å²) in [4.78, 5) is 25.8. The summed E-state index contributed by atoms with van der Waals surface area (Å²) in [7, 11) is 0. The maximum absolute atomic E-state index is 13.2. The zero-order valence-corrected chi connectivity index (χ0v) is 16.1. The van der Waals surface area contributed by atoms with Crippen LogP contribution in [0.15, 0.2) is 84.4 Å². The number of nitrogens with zero attached hydrogens (tertiary/aromatic N) is 3. The molecule has 6 nitrogen and oxygen atoms in total. The Morgan fingerprint density at radius 3 is 2.53 bits per heavy atom. The molecule has 0 spiro atoms. The summed E-state index contributed by atoms with van der Waals surface area (Å²) in [5.41, 5.74) is 2.06. The number of pyridine rings is 1. The summed E-state index contributed by atoms with van der Waals surface area (Å²) in [6, 6.07) is 15.1. The van der Waals surface area contributed by atoms with Gasteiger partial charge >= 0.3 is 0 Å². The molecule has 2 heterocycles. The van der Waals surface area contributed by atoms with Crippen LogP contribution in [0, 0.1) is 5.82 Å². The number of hydrogen-bond acceptors (Lipinski definition) is 3. The lowest BCUT2D eigenvalue weighted by Gasteiger charge is -2.12. The van der Waals surface area contributed by atoms with Crippen LogP contribution >= 0.6 is 0 Å². The zero-order valence-electron chi connectivity index (χ0n) is 16.1. The summed E-state index contributed by atoms with van der Waals surface area (Å²) in [6.07, 6.45) is 4.88. The second kappa shape index (κ2) is 8.16. The molecule has 1 N–H and O–H groups in total. The van der Waals surface area contributed by atoms with E-state index >= 15 is 0 Å². The molecule has 30 heavy (non-hydrogen) atoms. The average molecular weight is 402 g/mol. The van der Waals surface area contributed by atoms with Crippen molar-refractivity contribution < 1.29 is 9.18 Å². The highest BCUT2D eigenvalue weighted by Gasteiger charge is 2.24. The molecule has 0 radical (unpaired) electrons. The van der Waals surface area contributed by atoms with Crippen molar-refractivity contribution in [2.24, 2.45) is 0 Å². The van der Waals surface area contributed by atoms with Crippen molar-refractivity contribution in [2.75, 3.05) is 6.54 Å². The highest BCUT2D eigenvalue weighted by molar-refractivity contribution is 6.00. The maximum Gasteiger partial charge on any atom is 0.282 e. The van der Waals surface area contributed by atoms with E-state index in [0.717, 1.165) is 5.56 Å². The van der Waals surface area contributed by atoms with Crippen LogP contribution in [0.3, 0.4) is 0 Å². The molecule has 0 fully saturated rings. The van der Waals surface area contributed by atoms with E-state index in [2.05, 4.69) is 17.0 Å². The van der Waals surface area contributed by atoms with Gasteiger partial charge in [-0.2, -0.15) is 9.78 Å². The van der Waals surface area contributed by atoms with Crippen molar-refractivity contribution in [2.45, 2.75) is 6.54 Å². The minimum Gasteiger partial charge on any atom is -0.348 e. The first-order chi connectivity index (χ1) is 14.6. The molecule has 0 unspecified atom stereocenters. The average Bonchev–Trinajstić information content (AvgIpc) is 3.10. The molecule has 2 aromatic rings. The fourth-order valence-electron chi connectivity index (χ4n) is 3.22. The van der Waals surface area contributed by atoms with Crippen molar-refractivity contribution in [3.63, 3.8) is 0 Å². The largest absolute Gasteiger partial charge is 0.348 e. The third-order valence-corrected chi connectivity index (χ3v) is 4.65. The van der Waals surface area contributed by atoms with Crippen LogP contribution in [-0.4, -0.2) is 26.8 Å². The van der Waals surface area contributed by atoms with Crippen molar-refractivity contribution in [1.82, 2.24) is 19.7 Å². The predicted octanol–water partition coefficient (Wildman–Crippen LogP) is 3.24. The lowest BCUT2D eigenvalue weighted by atomic mass is 10.1. The monoisotopic (exact) mass is 402 g/mol. The van der Waals surface area contributed by atoms with E-state index in [1.54, 1.807) is 47.3 Å². The van der Waals surface area contributed by atoms with Crippen LogP contribution in [0.1, 0.15) is 15.9 Å². The number of carbonyl (C=O) groups is 1. The van der Waals surface area contributed by atoms with E-state index in [-0.39, 0.29) is 29.4 Å². The Balaban J connectivity index is 1.85. The Morgan fingerprint density at radius 1 is 1.10 bits per heavy atom. The molecular weight excluding hydrogens is 383 g/mol. The van der Waals surface area contributed by atoms with Crippen LogP contribution in [-0.2, 0) is 6.54 Å². The van der Waals surface area contributed by atoms with Crippen molar-refractivity contribution >= 4 is 5.91 Å². The maximum atomic E-state index is 13.2. The normalized spacial score (nSPS) is 10.8. The smallest absolute Gasteiger partial charge is 0.282 e. The lowest BCUT2D eigenvalue weighted by molar-refractivity contribution is 0.0957. The van der Waals surface area contributed by atoms with Gasteiger partial charge in [0.2, 0.25) is 0 Å². The molecule has 0 saturated heterocycles. The van der Waals surface area contributed by atoms with Gasteiger partial charge in [0.05, 0.1) is 16.8 Å². The topological polar surface area (TPSA) is 68.9 Å². The molecule has 0 bridgehead atoms. The molecule has 0 aliphatic carbocycles. The van der Waals surface area contributed by atoms with E-state index in [1.165, 1.54) is 16.8 Å². The zero-order chi connectivity index (χ0) is 21.1. The highest BCUT2D eigenvalue weighted by atomic mass is 19.1. The molecule has 150 valence electrons. The first kappa shape index (κ1) is 19.3. The first-order valence-electron chi connectivity index (χ1n) is 9.38. The molecule has 0 saturated carbocycles. The fraction of sp³-hybridized carbons (Fsp3) is 0.0870. The van der Waals surface area contributed by atoms with Crippen LogP contribution in [0.5, 0.6) is 0 Å². The van der Waals surface area contributed by atoms with Gasteiger partial charge in [-0.15, -0.1) is 6.58 Å². The number of nitrogens with one attached hydrogen (secondary N) is 1. The van der Waals surface area contributed by atoms with Gasteiger partial charge in [-0.05, 0) is 29.8 Å². The summed E-state index contributed by atoms with van der Waals surface area (Å²) >= 11 is 0. The molecule has 2 aliphatic heterocycles. The van der Waals surface area contributed by atoms with Gasteiger partial charge in [-0.1, -0.05) is 36.4 Å². The number of fused-ring (bicyclic) bond motifs is 1. The van der Waals surface area contributed by atoms with Crippen LogP contribution in [0.2, 0.25) is 0 Å². The molecule has 7 heteroatoms. The standard InChI is InChI=1S/C23H19FN4O2/c1-2-12-25-22(29)19-14-27(13-16-8-10-17(24)11-9-16)15-20-21(19)26-28(23(20)30)18-6-4-3-5-7-18/h2-11,14-15H,1,12-13H2,(H,25,29). The predicted molar refractivity (Wildman–Crippen MR) is 112 cm³/mol. The van der Waals surface area contributed by atoms with E-state index < -0.39 is 0 Å². The SMILES string of the molecule is C=CCNC(=O)c1cn(Cc2ccc(F)cc2)cc2c(=O)n(-c3ccccc3)nc1-2. The number of amides is 1. The first-order valence-corrected chi connectivity index (χ1v) is 9.38. The third kappa shape index (κ3) is 3.77. The number of hydrogen-bond donors (Lipinski definition) is 1. The van der Waals surface area contributed by atoms with Gasteiger partial charge in [0.1, 0.15) is 11.5 Å². The van der Waals surface area contributed by atoms with Gasteiger partial charge in [-0.3, -0.25) is 9.59 Å². The summed E-state index contributed by atoms with van der Waals surface area (Å²) in [5, 5.41) is 7.16. The molecule has 1 amide bonds. The Kier molecular flexibility index (Phi) is 5.26. The van der Waals surface area contributed by atoms with Crippen molar-refractivity contribution in [3.05, 3.63) is 107 Å². The number of benzene rings is 2. The van der Waals surface area contributed by atoms with Gasteiger partial charge in [0.25, 0.3) is 11.5 Å². The van der Waals surface area contributed by atoms with Crippen LogP contribution in [0.25, 0.3) is 16.9 Å². The van der Waals surface area contributed by atoms with Crippen LogP contribution in [0.4, 0.5) is 4.39 Å². The molecule has 4 rings (SSSR count). The third-order valence-electron chi connectivity index (χ3n) is 4.65. The van der Waals surface area contributed by atoms with E-state index in [9.17, 15) is 14.0 Å². The number of halogens is 1. The number of rotatable bonds is 6. The molecule has 0 aromatic heterocycles. The Labute approximate surface area is 172 Å². The Bertz CT molecular complexity index is 1230. The number of carbonyl (C=O) groups excluding carboxylic acids is 1. The summed E-state index contributed by atoms with van der Waals surface area (Å²) < 4.78 is 16.2. The van der Waals surface area contributed by atoms with Crippen molar-refractivity contribution in [3.8, 4) is 16.9 Å². The number of aromatic nitrogens is 3. The second-order valence-corrected chi connectivity index (χ2v) is 6.78. The minimum absolute atomic E-state index is 0.281. The van der Waals surface area contributed by atoms with Gasteiger partial charge in [-0.25, -0.2) is 4.39 Å². The van der Waals surface area contributed by atoms with Gasteiger partial charge in [0.15, 0.2) is 0 Å². The molecule has 0 atom stereocenters. The van der Waals surface area contributed by atoms with Crippen molar-refractivity contribution in [1.29, 1.82) is 0 Å². The molecule has 2 aliphatic rings. The minimum atomic E-state index is -0.355. The summed E-state index contributed by atoms with van der Waals surface area (Å²) in [6.45, 7) is 4.26. The lowest BCUT2D eigenvalue weighted by Crippen LogP contribution is -2.25.